The van der Waals surface area contributed by atoms with Gasteiger partial charge in [-0.1, -0.05) is 6.07 Å². The van der Waals surface area contributed by atoms with Crippen LogP contribution in [0.25, 0.3) is 0 Å². The maximum Gasteiger partial charge on any atom is 0.331 e. The van der Waals surface area contributed by atoms with E-state index >= 15 is 0 Å². The van der Waals surface area contributed by atoms with Gasteiger partial charge in [0.15, 0.2) is 11.6 Å². The molecular weight excluding hydrogens is 308 g/mol. The molecular formula is C15H15F2N3O3. The largest absolute Gasteiger partial charge is 0.340 e. The van der Waals surface area contributed by atoms with Crippen molar-refractivity contribution in [3.8, 4) is 0 Å². The van der Waals surface area contributed by atoms with Crippen LogP contribution in [-0.4, -0.2) is 27.0 Å². The van der Waals surface area contributed by atoms with E-state index in [9.17, 15) is 23.2 Å². The van der Waals surface area contributed by atoms with Crippen molar-refractivity contribution in [3.63, 3.8) is 0 Å². The molecule has 8 heteroatoms. The number of benzene rings is 1. The summed E-state index contributed by atoms with van der Waals surface area (Å²) in [5.74, 6) is -2.35. The minimum absolute atomic E-state index is 0.0660. The molecule has 0 radical (unpaired) electrons. The summed E-state index contributed by atoms with van der Waals surface area (Å²) in [6.07, 6.45) is 1.24. The average Bonchev–Trinajstić information content (AvgIpc) is 2.51. The summed E-state index contributed by atoms with van der Waals surface area (Å²) in [6.45, 7) is -0.191. The number of amides is 1. The Morgan fingerprint density at radius 3 is 2.52 bits per heavy atom. The quantitative estimate of drug-likeness (QED) is 0.822. The summed E-state index contributed by atoms with van der Waals surface area (Å²) in [6, 6.07) is 4.56. The molecule has 6 nitrogen and oxygen atoms in total. The highest BCUT2D eigenvalue weighted by atomic mass is 19.2. The highest BCUT2D eigenvalue weighted by Crippen LogP contribution is 2.10. The van der Waals surface area contributed by atoms with Gasteiger partial charge in [-0.15, -0.1) is 0 Å². The van der Waals surface area contributed by atoms with Crippen molar-refractivity contribution in [1.82, 2.24) is 14.0 Å². The maximum absolute atomic E-state index is 13.2. The van der Waals surface area contributed by atoms with Crippen LogP contribution in [0.4, 0.5) is 8.78 Å². The molecule has 0 spiro atoms. The lowest BCUT2D eigenvalue weighted by Crippen LogP contribution is -2.40. The monoisotopic (exact) mass is 323 g/mol. The molecule has 0 unspecified atom stereocenters. The first-order chi connectivity index (χ1) is 10.8. The van der Waals surface area contributed by atoms with E-state index in [0.717, 1.165) is 21.3 Å². The molecule has 0 N–H and O–H groups in total. The Balaban J connectivity index is 2.11. The molecule has 0 atom stereocenters. The van der Waals surface area contributed by atoms with Crippen molar-refractivity contribution in [2.75, 3.05) is 7.05 Å². The summed E-state index contributed by atoms with van der Waals surface area (Å²) in [5.41, 5.74) is -0.645. The van der Waals surface area contributed by atoms with Crippen LogP contribution in [-0.2, 0) is 24.9 Å². The van der Waals surface area contributed by atoms with Gasteiger partial charge in [0.1, 0.15) is 6.54 Å². The van der Waals surface area contributed by atoms with E-state index < -0.39 is 28.8 Å². The molecule has 0 aliphatic rings. The van der Waals surface area contributed by atoms with Gasteiger partial charge >= 0.3 is 5.69 Å². The van der Waals surface area contributed by atoms with E-state index in [1.807, 2.05) is 0 Å². The molecule has 122 valence electrons. The van der Waals surface area contributed by atoms with Gasteiger partial charge in [0.2, 0.25) is 5.91 Å². The van der Waals surface area contributed by atoms with Crippen LogP contribution in [0.15, 0.2) is 40.1 Å². The van der Waals surface area contributed by atoms with E-state index in [4.69, 9.17) is 0 Å². The summed E-state index contributed by atoms with van der Waals surface area (Å²) < 4.78 is 28.0. The molecule has 2 aromatic rings. The number of rotatable bonds is 4. The summed E-state index contributed by atoms with van der Waals surface area (Å²) in [4.78, 5) is 36.6. The Morgan fingerprint density at radius 2 is 1.87 bits per heavy atom. The van der Waals surface area contributed by atoms with E-state index in [-0.39, 0.29) is 13.1 Å². The van der Waals surface area contributed by atoms with E-state index in [1.54, 1.807) is 0 Å². The van der Waals surface area contributed by atoms with Crippen LogP contribution in [0.1, 0.15) is 5.56 Å². The smallest absolute Gasteiger partial charge is 0.331 e. The molecule has 1 heterocycles. The van der Waals surface area contributed by atoms with Crippen molar-refractivity contribution < 1.29 is 13.6 Å². The highest BCUT2D eigenvalue weighted by molar-refractivity contribution is 5.75. The van der Waals surface area contributed by atoms with E-state index in [2.05, 4.69) is 0 Å². The van der Waals surface area contributed by atoms with Gasteiger partial charge in [-0.2, -0.15) is 0 Å². The minimum Gasteiger partial charge on any atom is -0.340 e. The molecule has 0 bridgehead atoms. The van der Waals surface area contributed by atoms with Gasteiger partial charge in [-0.05, 0) is 17.7 Å². The number of likely N-dealkylation sites (N-methyl/N-ethyl adjacent to an activating group) is 1. The van der Waals surface area contributed by atoms with Gasteiger partial charge in [-0.3, -0.25) is 18.7 Å². The second kappa shape index (κ2) is 6.55. The zero-order chi connectivity index (χ0) is 17.1. The van der Waals surface area contributed by atoms with Crippen molar-refractivity contribution >= 4 is 5.91 Å². The Hall–Kier alpha value is -2.77. The number of nitrogens with zero attached hydrogens (tertiary/aromatic N) is 3. The second-order valence-corrected chi connectivity index (χ2v) is 5.12. The topological polar surface area (TPSA) is 64.3 Å². The number of hydrogen-bond donors (Lipinski definition) is 0. The summed E-state index contributed by atoms with van der Waals surface area (Å²) >= 11 is 0. The molecule has 0 saturated heterocycles. The fraction of sp³-hybridized carbons (Fsp3) is 0.267. The van der Waals surface area contributed by atoms with Gasteiger partial charge in [0.25, 0.3) is 5.56 Å². The van der Waals surface area contributed by atoms with Gasteiger partial charge in [0.05, 0.1) is 0 Å². The van der Waals surface area contributed by atoms with Crippen LogP contribution in [0, 0.1) is 11.6 Å². The number of hydrogen-bond acceptors (Lipinski definition) is 3. The average molecular weight is 323 g/mol. The van der Waals surface area contributed by atoms with Crippen molar-refractivity contribution in [1.29, 1.82) is 0 Å². The van der Waals surface area contributed by atoms with Crippen LogP contribution in [0.5, 0.6) is 0 Å². The number of halogens is 2. The molecule has 0 aliphatic heterocycles. The third kappa shape index (κ3) is 3.71. The fourth-order valence-corrected chi connectivity index (χ4v) is 2.00. The van der Waals surface area contributed by atoms with Crippen LogP contribution in [0.3, 0.4) is 0 Å². The molecule has 1 aromatic carbocycles. The first-order valence-electron chi connectivity index (χ1n) is 6.74. The Labute approximate surface area is 130 Å². The SMILES string of the molecule is CN(Cc1ccc(F)c(F)c1)C(=O)Cn1ccc(=O)n(C)c1=O. The van der Waals surface area contributed by atoms with Gasteiger partial charge in [0, 0.05) is 32.9 Å². The Kier molecular flexibility index (Phi) is 4.73. The van der Waals surface area contributed by atoms with Crippen molar-refractivity contribution in [2.24, 2.45) is 7.05 Å². The fourth-order valence-electron chi connectivity index (χ4n) is 2.00. The first-order valence-corrected chi connectivity index (χ1v) is 6.74. The van der Waals surface area contributed by atoms with Gasteiger partial charge < -0.3 is 4.90 Å². The van der Waals surface area contributed by atoms with Crippen molar-refractivity contribution in [3.05, 3.63) is 68.5 Å². The van der Waals surface area contributed by atoms with Gasteiger partial charge in [-0.25, -0.2) is 13.6 Å². The Bertz CT molecular complexity index is 858. The predicted molar refractivity (Wildman–Crippen MR) is 78.8 cm³/mol. The molecule has 0 aliphatic carbocycles. The second-order valence-electron chi connectivity index (χ2n) is 5.12. The number of aromatic nitrogens is 2. The van der Waals surface area contributed by atoms with E-state index in [0.29, 0.717) is 5.56 Å². The normalized spacial score (nSPS) is 10.6. The van der Waals surface area contributed by atoms with Crippen LogP contribution in [0.2, 0.25) is 0 Å². The lowest BCUT2D eigenvalue weighted by Gasteiger charge is -2.18. The summed E-state index contributed by atoms with van der Waals surface area (Å²) in [7, 11) is 2.80. The summed E-state index contributed by atoms with van der Waals surface area (Å²) in [5, 5.41) is 0. The predicted octanol–water partition coefficient (Wildman–Crippen LogP) is 0.484. The Morgan fingerprint density at radius 1 is 1.17 bits per heavy atom. The first kappa shape index (κ1) is 16.6. The standard InChI is InChI=1S/C15H15F2N3O3/c1-18(8-10-3-4-11(16)12(17)7-10)14(22)9-20-6-5-13(21)19(2)15(20)23/h3-7H,8-9H2,1-2H3. The maximum atomic E-state index is 13.2. The third-order valence-electron chi connectivity index (χ3n) is 3.40. The van der Waals surface area contributed by atoms with Crippen molar-refractivity contribution in [2.45, 2.75) is 13.1 Å². The minimum atomic E-state index is -0.988. The lowest BCUT2D eigenvalue weighted by atomic mass is 10.2. The van der Waals surface area contributed by atoms with Crippen LogP contribution < -0.4 is 11.2 Å². The highest BCUT2D eigenvalue weighted by Gasteiger charge is 2.13. The molecule has 0 saturated carbocycles. The molecule has 0 fully saturated rings. The third-order valence-corrected chi connectivity index (χ3v) is 3.40. The van der Waals surface area contributed by atoms with E-state index in [1.165, 1.54) is 37.3 Å². The molecule has 2 rings (SSSR count). The zero-order valence-corrected chi connectivity index (χ0v) is 12.6. The molecule has 23 heavy (non-hydrogen) atoms. The molecule has 1 amide bonds. The molecule has 1 aromatic heterocycles. The van der Waals surface area contributed by atoms with Crippen LogP contribution >= 0.6 is 0 Å². The zero-order valence-electron chi connectivity index (χ0n) is 12.6. The number of carbonyl (C=O) groups is 1. The number of carbonyl (C=O) groups excluding carboxylic acids is 1. The lowest BCUT2D eigenvalue weighted by molar-refractivity contribution is -0.131.